The lowest BCUT2D eigenvalue weighted by molar-refractivity contribution is -0.384. The maximum Gasteiger partial charge on any atom is 0.294 e. The van der Waals surface area contributed by atoms with Crippen LogP contribution in [0, 0.1) is 10.1 Å². The van der Waals surface area contributed by atoms with E-state index < -0.39 is 21.0 Å². The number of nitrogens with one attached hydrogen (secondary N) is 1. The first-order chi connectivity index (χ1) is 13.7. The predicted octanol–water partition coefficient (Wildman–Crippen LogP) is 1.96. The summed E-state index contributed by atoms with van der Waals surface area (Å²) in [5.74, 6) is 0.297. The molecule has 1 heterocycles. The number of nitro groups is 1. The molecule has 162 valence electrons. The van der Waals surface area contributed by atoms with Crippen molar-refractivity contribution in [1.29, 1.82) is 0 Å². The van der Waals surface area contributed by atoms with E-state index in [0.717, 1.165) is 0 Å². The Balaban J connectivity index is 2.08. The summed E-state index contributed by atoms with van der Waals surface area (Å²) in [7, 11) is -3.51. The van der Waals surface area contributed by atoms with Crippen LogP contribution in [0.1, 0.15) is 13.3 Å². The molecule has 0 aliphatic carbocycles. The molecule has 0 radical (unpaired) electrons. The molecule has 1 aromatic carbocycles. The maximum atomic E-state index is 12.9. The minimum Gasteiger partial charge on any atom is -0.362 e. The van der Waals surface area contributed by atoms with Gasteiger partial charge in [0.05, 0.1) is 10.7 Å². The third-order valence-electron chi connectivity index (χ3n) is 4.68. The number of sulfonamides is 1. The van der Waals surface area contributed by atoms with Gasteiger partial charge in [0, 0.05) is 37.3 Å². The van der Waals surface area contributed by atoms with E-state index in [-0.39, 0.29) is 22.4 Å². The monoisotopic (exact) mass is 464 g/mol. The molecule has 0 bridgehead atoms. The van der Waals surface area contributed by atoms with E-state index in [2.05, 4.69) is 4.72 Å². The van der Waals surface area contributed by atoms with E-state index in [1.807, 2.05) is 11.2 Å². The average Bonchev–Trinajstić information content (AvgIpc) is 2.70. The number of halogens is 1. The maximum absolute atomic E-state index is 12.9. The molecule has 2 rings (SSSR count). The molecule has 1 aromatic rings. The Bertz CT molecular complexity index is 844. The fourth-order valence-electron chi connectivity index (χ4n) is 3.07. The van der Waals surface area contributed by atoms with Crippen molar-refractivity contribution in [1.82, 2.24) is 9.62 Å². The molecule has 1 unspecified atom stereocenters. The van der Waals surface area contributed by atoms with Crippen molar-refractivity contribution in [3.8, 4) is 0 Å². The van der Waals surface area contributed by atoms with Gasteiger partial charge >= 0.3 is 0 Å². The van der Waals surface area contributed by atoms with Crippen molar-refractivity contribution in [3.05, 3.63) is 33.3 Å². The van der Waals surface area contributed by atoms with Crippen molar-refractivity contribution >= 4 is 50.7 Å². The van der Waals surface area contributed by atoms with Crippen molar-refractivity contribution < 1.29 is 18.1 Å². The number of rotatable bonds is 9. The fourth-order valence-corrected chi connectivity index (χ4v) is 4.52. The van der Waals surface area contributed by atoms with Gasteiger partial charge in [-0.05, 0) is 37.5 Å². The highest BCUT2D eigenvalue weighted by molar-refractivity contribution is 7.98. The van der Waals surface area contributed by atoms with E-state index in [9.17, 15) is 23.3 Å². The first-order valence-corrected chi connectivity index (χ1v) is 12.6. The second-order valence-corrected chi connectivity index (χ2v) is 10.0. The topological polar surface area (TPSA) is 113 Å². The molecule has 1 amide bonds. The summed E-state index contributed by atoms with van der Waals surface area (Å²) >= 11 is 7.41. The summed E-state index contributed by atoms with van der Waals surface area (Å²) < 4.78 is 26.4. The van der Waals surface area contributed by atoms with Crippen LogP contribution < -0.4 is 9.62 Å². The van der Waals surface area contributed by atoms with E-state index in [4.69, 9.17) is 11.6 Å². The molecule has 1 fully saturated rings. The number of nitro benzene ring substituents is 1. The molecular weight excluding hydrogens is 440 g/mol. The highest BCUT2D eigenvalue weighted by Gasteiger charge is 2.31. The predicted molar refractivity (Wildman–Crippen MR) is 116 cm³/mol. The summed E-state index contributed by atoms with van der Waals surface area (Å²) in [6.45, 7) is 3.04. The summed E-state index contributed by atoms with van der Waals surface area (Å²) in [4.78, 5) is 27.2. The molecule has 1 aliphatic rings. The molecule has 0 saturated carbocycles. The number of hydrogen-bond acceptors (Lipinski definition) is 7. The first kappa shape index (κ1) is 23.7. The van der Waals surface area contributed by atoms with Gasteiger partial charge in [0.25, 0.3) is 5.69 Å². The molecule has 29 heavy (non-hydrogen) atoms. The molecule has 1 N–H and O–H groups in total. The quantitative estimate of drug-likeness (QED) is 0.439. The van der Waals surface area contributed by atoms with Crippen LogP contribution in [0.25, 0.3) is 0 Å². The van der Waals surface area contributed by atoms with Gasteiger partial charge < -0.3 is 9.80 Å². The Hall–Kier alpha value is -1.56. The van der Waals surface area contributed by atoms with Crippen LogP contribution in [0.5, 0.6) is 0 Å². The third kappa shape index (κ3) is 6.46. The Morgan fingerprint density at radius 1 is 1.34 bits per heavy atom. The van der Waals surface area contributed by atoms with Crippen molar-refractivity contribution in [2.45, 2.75) is 19.4 Å². The lowest BCUT2D eigenvalue weighted by Gasteiger charge is -2.37. The van der Waals surface area contributed by atoms with Gasteiger partial charge in [0.2, 0.25) is 15.9 Å². The van der Waals surface area contributed by atoms with Gasteiger partial charge in [-0.15, -0.1) is 0 Å². The molecule has 1 aliphatic heterocycles. The zero-order valence-corrected chi connectivity index (χ0v) is 18.7. The molecule has 0 spiro atoms. The lowest BCUT2D eigenvalue weighted by atomic mass is 10.1. The summed E-state index contributed by atoms with van der Waals surface area (Å²) in [5.41, 5.74) is 0.378. The molecule has 0 aromatic heterocycles. The zero-order chi connectivity index (χ0) is 21.6. The Morgan fingerprint density at radius 2 is 2.00 bits per heavy atom. The number of nitrogens with zero attached hydrogens (tertiary/aromatic N) is 3. The molecule has 1 saturated heterocycles. The third-order valence-corrected chi connectivity index (χ3v) is 6.96. The standard InChI is InChI=1S/C17H25ClN4O5S2/c1-3-29(26,27)19-14(6-11-28-2)17(23)21-9-7-20(8-10-21)15-5-4-13(18)12-16(15)22(24)25/h4-5,12,14,19H,3,6-11H2,1-2H3. The van der Waals surface area contributed by atoms with Crippen LogP contribution in [0.3, 0.4) is 0 Å². The van der Waals surface area contributed by atoms with Crippen molar-refractivity contribution in [2.24, 2.45) is 0 Å². The van der Waals surface area contributed by atoms with E-state index >= 15 is 0 Å². The number of amides is 1. The second-order valence-electron chi connectivity index (χ2n) is 6.56. The van der Waals surface area contributed by atoms with Gasteiger partial charge in [-0.1, -0.05) is 11.6 Å². The fraction of sp³-hybridized carbons (Fsp3) is 0.588. The normalized spacial score (nSPS) is 16.0. The Morgan fingerprint density at radius 3 is 2.55 bits per heavy atom. The highest BCUT2D eigenvalue weighted by atomic mass is 35.5. The van der Waals surface area contributed by atoms with Crippen LogP contribution in [-0.2, 0) is 14.8 Å². The van der Waals surface area contributed by atoms with Gasteiger partial charge in [0.15, 0.2) is 0 Å². The molecule has 1 atom stereocenters. The average molecular weight is 465 g/mol. The SMILES string of the molecule is CCS(=O)(=O)NC(CCSC)C(=O)N1CCN(c2ccc(Cl)cc2[N+](=O)[O-])CC1. The second kappa shape index (κ2) is 10.5. The smallest absolute Gasteiger partial charge is 0.294 e. The highest BCUT2D eigenvalue weighted by Crippen LogP contribution is 2.31. The van der Waals surface area contributed by atoms with Crippen LogP contribution in [0.15, 0.2) is 18.2 Å². The summed E-state index contributed by atoms with van der Waals surface area (Å²) in [5, 5.41) is 11.6. The molecule has 9 nitrogen and oxygen atoms in total. The van der Waals surface area contributed by atoms with Crippen molar-refractivity contribution in [2.75, 3.05) is 48.8 Å². The van der Waals surface area contributed by atoms with Gasteiger partial charge in [0.1, 0.15) is 11.7 Å². The van der Waals surface area contributed by atoms with Crippen LogP contribution in [0.2, 0.25) is 5.02 Å². The van der Waals surface area contributed by atoms with Crippen LogP contribution in [-0.4, -0.2) is 74.1 Å². The number of carbonyl (C=O) groups is 1. The summed E-state index contributed by atoms with van der Waals surface area (Å²) in [6.07, 6.45) is 2.30. The summed E-state index contributed by atoms with van der Waals surface area (Å²) in [6, 6.07) is 3.71. The Kier molecular flexibility index (Phi) is 8.56. The number of carbonyl (C=O) groups excluding carboxylic acids is 1. The molecular formula is C17H25ClN4O5S2. The van der Waals surface area contributed by atoms with Crippen LogP contribution in [0.4, 0.5) is 11.4 Å². The minimum atomic E-state index is -3.51. The van der Waals surface area contributed by atoms with E-state index in [0.29, 0.717) is 44.0 Å². The number of thioether (sulfide) groups is 1. The van der Waals surface area contributed by atoms with Crippen LogP contribution >= 0.6 is 23.4 Å². The van der Waals surface area contributed by atoms with Gasteiger partial charge in [-0.25, -0.2) is 13.1 Å². The largest absolute Gasteiger partial charge is 0.362 e. The van der Waals surface area contributed by atoms with E-state index in [1.165, 1.54) is 13.0 Å². The van der Waals surface area contributed by atoms with Gasteiger partial charge in [-0.2, -0.15) is 11.8 Å². The number of anilines is 1. The Labute approximate surface area is 180 Å². The van der Waals surface area contributed by atoms with Gasteiger partial charge in [-0.3, -0.25) is 14.9 Å². The lowest BCUT2D eigenvalue weighted by Crippen LogP contribution is -2.55. The first-order valence-electron chi connectivity index (χ1n) is 9.15. The minimum absolute atomic E-state index is 0.0779. The number of piperazine rings is 1. The van der Waals surface area contributed by atoms with Crippen molar-refractivity contribution in [3.63, 3.8) is 0 Å². The number of benzene rings is 1. The molecule has 12 heteroatoms. The van der Waals surface area contributed by atoms with E-state index in [1.54, 1.807) is 28.8 Å². The zero-order valence-electron chi connectivity index (χ0n) is 16.3. The number of hydrogen-bond donors (Lipinski definition) is 1.